The lowest BCUT2D eigenvalue weighted by Gasteiger charge is -2.32. The van der Waals surface area contributed by atoms with Crippen molar-refractivity contribution >= 4 is 12.0 Å². The second-order valence-corrected chi connectivity index (χ2v) is 7.09. The molecule has 1 amide bonds. The van der Waals surface area contributed by atoms with Crippen molar-refractivity contribution in [3.05, 3.63) is 70.2 Å². The Labute approximate surface area is 147 Å². The van der Waals surface area contributed by atoms with Crippen molar-refractivity contribution in [1.82, 2.24) is 4.90 Å². The topological polar surface area (TPSA) is 49.3 Å². The van der Waals surface area contributed by atoms with Gasteiger partial charge in [-0.15, -0.1) is 0 Å². The first-order valence-electron chi connectivity index (χ1n) is 9.01. The fourth-order valence-corrected chi connectivity index (χ4v) is 3.82. The van der Waals surface area contributed by atoms with Gasteiger partial charge in [0.05, 0.1) is 24.4 Å². The fraction of sp³-hybridized carbons (Fsp3) is 0.333. The summed E-state index contributed by atoms with van der Waals surface area (Å²) in [6, 6.07) is 17.1. The van der Waals surface area contributed by atoms with E-state index in [1.54, 1.807) is 0 Å². The van der Waals surface area contributed by atoms with Crippen LogP contribution < -0.4 is 15.9 Å². The van der Waals surface area contributed by atoms with Crippen molar-refractivity contribution in [2.75, 3.05) is 26.2 Å². The normalized spacial score (nSPS) is 23.5. The van der Waals surface area contributed by atoms with Crippen LogP contribution in [0.2, 0.25) is 0 Å². The number of fused-ring (bicyclic) bond motifs is 1. The molecule has 1 unspecified atom stereocenters. The van der Waals surface area contributed by atoms with Gasteiger partial charge in [-0.2, -0.15) is 0 Å². The van der Waals surface area contributed by atoms with E-state index in [9.17, 15) is 4.79 Å². The number of amides is 1. The molecule has 128 valence electrons. The number of benzene rings is 2. The number of carbonyl (C=O) groups excluding carboxylic acids is 1. The zero-order chi connectivity index (χ0) is 17.2. The number of nitrogens with two attached hydrogens (primary N) is 1. The molecule has 2 aromatic carbocycles. The minimum absolute atomic E-state index is 0.0119. The fourth-order valence-electron chi connectivity index (χ4n) is 3.82. The number of nitrogens with zero attached hydrogens (tertiary/aromatic N) is 2. The number of piperazine rings is 1. The lowest BCUT2D eigenvalue weighted by atomic mass is 10.00. The number of rotatable bonds is 3. The summed E-state index contributed by atoms with van der Waals surface area (Å²) in [7, 11) is 0. The highest BCUT2D eigenvalue weighted by Gasteiger charge is 2.28. The Hall–Kier alpha value is -2.30. The van der Waals surface area contributed by atoms with E-state index in [1.807, 2.05) is 12.1 Å². The Kier molecular flexibility index (Phi) is 4.47. The lowest BCUT2D eigenvalue weighted by Crippen LogP contribution is -2.90. The maximum atomic E-state index is 12.4. The highest BCUT2D eigenvalue weighted by atomic mass is 16.1. The summed E-state index contributed by atoms with van der Waals surface area (Å²) >= 11 is 0. The SMILES string of the molecule is Cc1ccc2c(c1)=CC(CN1CC[NH2+][C@@H](c3ccccc3)C1)C(=O)N=2. The average molecular weight is 334 g/mol. The minimum atomic E-state index is -0.135. The third kappa shape index (κ3) is 3.55. The minimum Gasteiger partial charge on any atom is -0.338 e. The Morgan fingerprint density at radius 2 is 2.04 bits per heavy atom. The molecule has 2 atom stereocenters. The Morgan fingerprint density at radius 3 is 2.88 bits per heavy atom. The second-order valence-electron chi connectivity index (χ2n) is 7.09. The highest BCUT2D eigenvalue weighted by Crippen LogP contribution is 2.15. The zero-order valence-electron chi connectivity index (χ0n) is 14.6. The van der Waals surface area contributed by atoms with Crippen LogP contribution in [0.25, 0.3) is 6.08 Å². The first-order valence-corrected chi connectivity index (χ1v) is 9.01. The Balaban J connectivity index is 1.51. The molecular formula is C21H24N3O+. The summed E-state index contributed by atoms with van der Waals surface area (Å²) < 4.78 is 0. The standard InChI is InChI=1S/C21H23N3O/c1-15-7-8-19-17(11-15)12-18(21(25)23-19)13-24-10-9-22-20(14-24)16-5-3-2-4-6-16/h2-8,11-12,18,20,22H,9-10,13-14H2,1H3/p+1/t18?,20-/m1/s1. The molecule has 2 N–H and O–H groups in total. The van der Waals surface area contributed by atoms with E-state index in [0.717, 1.165) is 36.8 Å². The third-order valence-corrected chi connectivity index (χ3v) is 5.15. The van der Waals surface area contributed by atoms with Gasteiger partial charge in [0.25, 0.3) is 5.91 Å². The van der Waals surface area contributed by atoms with Crippen molar-refractivity contribution < 1.29 is 10.1 Å². The summed E-state index contributed by atoms with van der Waals surface area (Å²) in [4.78, 5) is 19.2. The number of quaternary nitrogens is 1. The van der Waals surface area contributed by atoms with E-state index in [0.29, 0.717) is 6.04 Å². The van der Waals surface area contributed by atoms with Gasteiger partial charge in [0.1, 0.15) is 6.04 Å². The smallest absolute Gasteiger partial charge is 0.254 e. The largest absolute Gasteiger partial charge is 0.338 e. The van der Waals surface area contributed by atoms with Crippen LogP contribution in [-0.4, -0.2) is 37.0 Å². The van der Waals surface area contributed by atoms with Gasteiger partial charge in [-0.1, -0.05) is 54.1 Å². The first-order chi connectivity index (χ1) is 12.2. The van der Waals surface area contributed by atoms with Crippen LogP contribution in [0.5, 0.6) is 0 Å². The molecule has 2 aliphatic rings. The van der Waals surface area contributed by atoms with E-state index in [4.69, 9.17) is 0 Å². The molecule has 0 bridgehead atoms. The molecule has 4 rings (SSSR count). The molecule has 1 fully saturated rings. The van der Waals surface area contributed by atoms with Crippen LogP contribution in [0.15, 0.2) is 53.5 Å². The van der Waals surface area contributed by atoms with Crippen molar-refractivity contribution in [3.63, 3.8) is 0 Å². The Bertz CT molecular complexity index is 891. The number of hydrogen-bond acceptors (Lipinski definition) is 2. The summed E-state index contributed by atoms with van der Waals surface area (Å²) in [6.45, 7) is 5.88. The third-order valence-electron chi connectivity index (χ3n) is 5.15. The van der Waals surface area contributed by atoms with Crippen LogP contribution in [0, 0.1) is 12.8 Å². The molecule has 2 heterocycles. The van der Waals surface area contributed by atoms with Gasteiger partial charge in [-0.05, 0) is 18.2 Å². The lowest BCUT2D eigenvalue weighted by molar-refractivity contribution is -0.704. The summed E-state index contributed by atoms with van der Waals surface area (Å²) in [6.07, 6.45) is 2.10. The van der Waals surface area contributed by atoms with Gasteiger partial charge >= 0.3 is 0 Å². The van der Waals surface area contributed by atoms with Crippen LogP contribution in [0.3, 0.4) is 0 Å². The number of hydrogen-bond donors (Lipinski definition) is 1. The molecule has 0 spiro atoms. The molecule has 0 radical (unpaired) electrons. The van der Waals surface area contributed by atoms with Crippen molar-refractivity contribution in [1.29, 1.82) is 0 Å². The maximum Gasteiger partial charge on any atom is 0.254 e. The molecule has 0 aliphatic carbocycles. The van der Waals surface area contributed by atoms with E-state index in [-0.39, 0.29) is 11.8 Å². The van der Waals surface area contributed by atoms with Gasteiger partial charge < -0.3 is 5.32 Å². The molecule has 1 saturated heterocycles. The molecule has 4 heteroatoms. The summed E-state index contributed by atoms with van der Waals surface area (Å²) in [5, 5.41) is 4.30. The predicted octanol–water partition coefficient (Wildman–Crippen LogP) is 0.172. The van der Waals surface area contributed by atoms with Crippen LogP contribution in [0.1, 0.15) is 17.2 Å². The van der Waals surface area contributed by atoms with Crippen molar-refractivity contribution in [3.8, 4) is 0 Å². The van der Waals surface area contributed by atoms with Crippen molar-refractivity contribution in [2.45, 2.75) is 13.0 Å². The predicted molar refractivity (Wildman–Crippen MR) is 97.3 cm³/mol. The van der Waals surface area contributed by atoms with E-state index >= 15 is 0 Å². The average Bonchev–Trinajstić information content (AvgIpc) is 2.64. The second kappa shape index (κ2) is 6.90. The van der Waals surface area contributed by atoms with Gasteiger partial charge in [0, 0.05) is 18.7 Å². The molecule has 2 aromatic rings. The van der Waals surface area contributed by atoms with E-state index < -0.39 is 0 Å². The zero-order valence-corrected chi connectivity index (χ0v) is 14.6. The van der Waals surface area contributed by atoms with Gasteiger partial charge in [0.2, 0.25) is 0 Å². The summed E-state index contributed by atoms with van der Waals surface area (Å²) in [5.41, 5.74) is 2.56. The molecule has 4 nitrogen and oxygen atoms in total. The monoisotopic (exact) mass is 334 g/mol. The van der Waals surface area contributed by atoms with Crippen LogP contribution in [0.4, 0.5) is 0 Å². The van der Waals surface area contributed by atoms with Crippen LogP contribution in [-0.2, 0) is 4.79 Å². The summed E-state index contributed by atoms with van der Waals surface area (Å²) in [5.74, 6) is -0.147. The molecule has 0 aromatic heterocycles. The molecule has 25 heavy (non-hydrogen) atoms. The van der Waals surface area contributed by atoms with Gasteiger partial charge in [-0.3, -0.25) is 9.69 Å². The number of aryl methyl sites for hydroxylation is 1. The molecule has 0 saturated carbocycles. The quantitative estimate of drug-likeness (QED) is 0.870. The molecular weight excluding hydrogens is 310 g/mol. The first kappa shape index (κ1) is 16.2. The Morgan fingerprint density at radius 1 is 1.20 bits per heavy atom. The van der Waals surface area contributed by atoms with Gasteiger partial charge in [-0.25, -0.2) is 4.99 Å². The molecule has 2 aliphatic heterocycles. The van der Waals surface area contributed by atoms with Gasteiger partial charge in [0.15, 0.2) is 0 Å². The van der Waals surface area contributed by atoms with E-state index in [1.165, 1.54) is 11.1 Å². The van der Waals surface area contributed by atoms with Crippen molar-refractivity contribution in [2.24, 2.45) is 10.9 Å². The van der Waals surface area contributed by atoms with E-state index in [2.05, 4.69) is 64.6 Å². The maximum absolute atomic E-state index is 12.4. The van der Waals surface area contributed by atoms with Crippen LogP contribution >= 0.6 is 0 Å². The number of carbonyl (C=O) groups is 1. The highest BCUT2D eigenvalue weighted by molar-refractivity contribution is 5.86.